The molecule has 0 saturated heterocycles. The fourth-order valence-corrected chi connectivity index (χ4v) is 2.58. The van der Waals surface area contributed by atoms with E-state index in [0.29, 0.717) is 0 Å². The van der Waals surface area contributed by atoms with E-state index in [1.165, 1.54) is 16.6 Å². The number of benzene rings is 1. The molecule has 2 aromatic heterocycles. The highest BCUT2D eigenvalue weighted by molar-refractivity contribution is 7.09. The van der Waals surface area contributed by atoms with Crippen LogP contribution in [-0.4, -0.2) is 9.97 Å². The predicted octanol–water partition coefficient (Wildman–Crippen LogP) is 3.92. The van der Waals surface area contributed by atoms with Gasteiger partial charge in [0.2, 0.25) is 0 Å². The summed E-state index contributed by atoms with van der Waals surface area (Å²) in [5.74, 6) is 6.29. The molecular weight excluding hydrogens is 252 g/mol. The largest absolute Gasteiger partial charge is 0.358 e. The minimum atomic E-state index is 0.851. The number of fused-ring (bicyclic) bond motifs is 1. The van der Waals surface area contributed by atoms with Gasteiger partial charge in [0.25, 0.3) is 0 Å². The predicted molar refractivity (Wildman–Crippen MR) is 80.3 cm³/mol. The normalized spacial score (nSPS) is 10.4. The van der Waals surface area contributed by atoms with Crippen LogP contribution in [0.4, 0.5) is 0 Å². The Labute approximate surface area is 116 Å². The van der Waals surface area contributed by atoms with Crippen LogP contribution in [0.25, 0.3) is 10.9 Å². The fourth-order valence-electron chi connectivity index (χ4n) is 2.04. The average Bonchev–Trinajstić information content (AvgIpc) is 3.00. The van der Waals surface area contributed by atoms with E-state index in [1.807, 2.05) is 18.4 Å². The molecule has 0 atom stereocenters. The summed E-state index contributed by atoms with van der Waals surface area (Å²) in [6.45, 7) is 2.00. The molecule has 0 fully saturated rings. The first-order valence-corrected chi connectivity index (χ1v) is 7.17. The van der Waals surface area contributed by atoms with Crippen LogP contribution in [0.2, 0.25) is 0 Å². The van der Waals surface area contributed by atoms with E-state index in [-0.39, 0.29) is 0 Å². The van der Waals surface area contributed by atoms with Gasteiger partial charge in [0, 0.05) is 23.0 Å². The van der Waals surface area contributed by atoms with Crippen LogP contribution in [-0.2, 0) is 6.42 Å². The van der Waals surface area contributed by atoms with E-state index in [0.717, 1.165) is 23.5 Å². The number of nitrogens with one attached hydrogen (secondary N) is 1. The molecule has 2 heterocycles. The van der Waals surface area contributed by atoms with Crippen molar-refractivity contribution in [3.8, 4) is 11.8 Å². The Morgan fingerprint density at radius 3 is 3.00 bits per heavy atom. The van der Waals surface area contributed by atoms with Crippen LogP contribution >= 0.6 is 11.3 Å². The summed E-state index contributed by atoms with van der Waals surface area (Å²) in [4.78, 5) is 7.74. The lowest BCUT2D eigenvalue weighted by Crippen LogP contribution is -1.82. The highest BCUT2D eigenvalue weighted by atomic mass is 32.1. The monoisotopic (exact) mass is 266 g/mol. The zero-order valence-electron chi connectivity index (χ0n) is 10.7. The van der Waals surface area contributed by atoms with Crippen molar-refractivity contribution in [3.63, 3.8) is 0 Å². The first kappa shape index (κ1) is 12.0. The second kappa shape index (κ2) is 5.29. The molecule has 0 spiro atoms. The Morgan fingerprint density at radius 1 is 1.32 bits per heavy atom. The van der Waals surface area contributed by atoms with Crippen LogP contribution in [0.3, 0.4) is 0 Å². The number of aromatic amines is 1. The van der Waals surface area contributed by atoms with Gasteiger partial charge in [0.1, 0.15) is 5.69 Å². The lowest BCUT2D eigenvalue weighted by Gasteiger charge is -1.89. The molecule has 0 aliphatic rings. The number of para-hydroxylation sites is 1. The first-order valence-electron chi connectivity index (χ1n) is 6.29. The Hall–Kier alpha value is -2.05. The van der Waals surface area contributed by atoms with Crippen LogP contribution in [0.15, 0.2) is 35.7 Å². The molecule has 3 aromatic rings. The number of rotatable bonds is 2. The van der Waals surface area contributed by atoms with E-state index in [4.69, 9.17) is 0 Å². The summed E-state index contributed by atoms with van der Waals surface area (Å²) in [6.07, 6.45) is 1.80. The van der Waals surface area contributed by atoms with Crippen LogP contribution in [0.5, 0.6) is 0 Å². The van der Waals surface area contributed by atoms with Crippen LogP contribution in [0, 0.1) is 18.8 Å². The SMILES string of the molecule is Cc1nc(C#CCCc2cc3ccccc3[nH]2)cs1. The molecule has 0 bridgehead atoms. The smallest absolute Gasteiger partial charge is 0.124 e. The van der Waals surface area contributed by atoms with Gasteiger partial charge in [-0.25, -0.2) is 4.98 Å². The van der Waals surface area contributed by atoms with E-state index < -0.39 is 0 Å². The zero-order valence-corrected chi connectivity index (χ0v) is 11.6. The minimum Gasteiger partial charge on any atom is -0.358 e. The van der Waals surface area contributed by atoms with Crippen molar-refractivity contribution in [2.75, 3.05) is 0 Å². The Bertz CT molecular complexity index is 722. The van der Waals surface area contributed by atoms with E-state index in [2.05, 4.69) is 46.1 Å². The van der Waals surface area contributed by atoms with Crippen LogP contribution in [0.1, 0.15) is 22.8 Å². The Balaban J connectivity index is 1.65. The van der Waals surface area contributed by atoms with Crippen molar-refractivity contribution in [2.45, 2.75) is 19.8 Å². The second-order valence-electron chi connectivity index (χ2n) is 4.44. The summed E-state index contributed by atoms with van der Waals surface area (Å²) >= 11 is 1.64. The van der Waals surface area contributed by atoms with Gasteiger partial charge in [0.05, 0.1) is 5.01 Å². The maximum absolute atomic E-state index is 4.33. The summed E-state index contributed by atoms with van der Waals surface area (Å²) < 4.78 is 0. The standard InChI is InChI=1S/C16H14N2S/c1-12-17-15(11-19-12)8-4-3-7-14-10-13-6-2-5-9-16(13)18-14/h2,5-6,9-11,18H,3,7H2,1H3. The third-order valence-corrected chi connectivity index (χ3v) is 3.71. The molecule has 0 amide bonds. The quantitative estimate of drug-likeness (QED) is 0.700. The number of aryl methyl sites for hydroxylation is 2. The van der Waals surface area contributed by atoms with Crippen LogP contribution < -0.4 is 0 Å². The van der Waals surface area contributed by atoms with E-state index in [9.17, 15) is 0 Å². The molecule has 0 aliphatic heterocycles. The summed E-state index contributed by atoms with van der Waals surface area (Å²) in [5, 5.41) is 4.34. The maximum atomic E-state index is 4.33. The summed E-state index contributed by atoms with van der Waals surface area (Å²) in [5.41, 5.74) is 3.32. The fraction of sp³-hybridized carbons (Fsp3) is 0.188. The summed E-state index contributed by atoms with van der Waals surface area (Å²) in [7, 11) is 0. The van der Waals surface area contributed by atoms with E-state index >= 15 is 0 Å². The van der Waals surface area contributed by atoms with Gasteiger partial charge in [-0.15, -0.1) is 11.3 Å². The third kappa shape index (κ3) is 2.86. The molecule has 0 saturated carbocycles. The van der Waals surface area contributed by atoms with Crippen molar-refractivity contribution in [1.29, 1.82) is 0 Å². The topological polar surface area (TPSA) is 28.7 Å². The van der Waals surface area contributed by atoms with Crippen molar-refractivity contribution >= 4 is 22.2 Å². The van der Waals surface area contributed by atoms with Gasteiger partial charge < -0.3 is 4.98 Å². The van der Waals surface area contributed by atoms with Gasteiger partial charge in [-0.1, -0.05) is 24.1 Å². The summed E-state index contributed by atoms with van der Waals surface area (Å²) in [6, 6.07) is 10.5. The molecular formula is C16H14N2S. The zero-order chi connectivity index (χ0) is 13.1. The molecule has 94 valence electrons. The molecule has 0 aliphatic carbocycles. The van der Waals surface area contributed by atoms with E-state index in [1.54, 1.807) is 11.3 Å². The Kier molecular flexibility index (Phi) is 3.35. The lowest BCUT2D eigenvalue weighted by molar-refractivity contribution is 0.986. The molecule has 3 heteroatoms. The lowest BCUT2D eigenvalue weighted by atomic mass is 10.2. The van der Waals surface area contributed by atoms with Crippen molar-refractivity contribution in [2.24, 2.45) is 0 Å². The number of nitrogens with zero attached hydrogens (tertiary/aromatic N) is 1. The number of hydrogen-bond acceptors (Lipinski definition) is 2. The molecule has 19 heavy (non-hydrogen) atoms. The maximum Gasteiger partial charge on any atom is 0.124 e. The highest BCUT2D eigenvalue weighted by Crippen LogP contribution is 2.15. The third-order valence-electron chi connectivity index (χ3n) is 2.94. The van der Waals surface area contributed by atoms with Crippen molar-refractivity contribution < 1.29 is 0 Å². The molecule has 1 aromatic carbocycles. The average molecular weight is 266 g/mol. The first-order chi connectivity index (χ1) is 9.31. The molecule has 2 nitrogen and oxygen atoms in total. The van der Waals surface area contributed by atoms with Crippen molar-refractivity contribution in [1.82, 2.24) is 9.97 Å². The molecule has 1 N–H and O–H groups in total. The van der Waals surface area contributed by atoms with Gasteiger partial charge in [-0.05, 0) is 36.8 Å². The minimum absolute atomic E-state index is 0.851. The molecule has 0 radical (unpaired) electrons. The number of aromatic nitrogens is 2. The number of thiazole rings is 1. The Morgan fingerprint density at radius 2 is 2.21 bits per heavy atom. The number of hydrogen-bond donors (Lipinski definition) is 1. The second-order valence-corrected chi connectivity index (χ2v) is 5.50. The van der Waals surface area contributed by atoms with Gasteiger partial charge in [-0.2, -0.15) is 0 Å². The van der Waals surface area contributed by atoms with Crippen molar-refractivity contribution in [3.05, 3.63) is 52.1 Å². The van der Waals surface area contributed by atoms with Gasteiger partial charge >= 0.3 is 0 Å². The molecule has 0 unspecified atom stereocenters. The molecule has 3 rings (SSSR count). The number of H-pyrrole nitrogens is 1. The highest BCUT2D eigenvalue weighted by Gasteiger charge is 1.98. The van der Waals surface area contributed by atoms with Gasteiger partial charge in [-0.3, -0.25) is 0 Å². The van der Waals surface area contributed by atoms with Gasteiger partial charge in [0.15, 0.2) is 0 Å².